The molecule has 0 saturated heterocycles. The van der Waals surface area contributed by atoms with Gasteiger partial charge in [-0.3, -0.25) is 14.9 Å². The summed E-state index contributed by atoms with van der Waals surface area (Å²) in [5.41, 5.74) is 0.394. The Morgan fingerprint density at radius 2 is 2.24 bits per heavy atom. The summed E-state index contributed by atoms with van der Waals surface area (Å²) < 4.78 is 4.52. The number of aromatic nitrogens is 2. The highest BCUT2D eigenvalue weighted by Crippen LogP contribution is 2.26. The minimum atomic E-state index is -0.508. The van der Waals surface area contributed by atoms with E-state index in [1.54, 1.807) is 0 Å². The number of nitrogens with one attached hydrogen (secondary N) is 1. The molecule has 1 aromatic carbocycles. The van der Waals surface area contributed by atoms with Gasteiger partial charge in [0.15, 0.2) is 0 Å². The van der Waals surface area contributed by atoms with Crippen molar-refractivity contribution in [3.8, 4) is 0 Å². The maximum Gasteiger partial charge on any atom is 0.307 e. The molecule has 9 heteroatoms. The molecule has 0 aliphatic rings. The Morgan fingerprint density at radius 3 is 2.90 bits per heavy atom. The normalized spacial score (nSPS) is 10.4. The Morgan fingerprint density at radius 1 is 1.48 bits per heavy atom. The highest BCUT2D eigenvalue weighted by atomic mass is 35.5. The first-order valence-corrected chi connectivity index (χ1v) is 6.31. The molecule has 0 aliphatic carbocycles. The first-order valence-electron chi connectivity index (χ1n) is 5.93. The van der Waals surface area contributed by atoms with Crippen LogP contribution in [-0.4, -0.2) is 34.5 Å². The van der Waals surface area contributed by atoms with Gasteiger partial charge >= 0.3 is 5.97 Å². The molecule has 0 atom stereocenters. The Hall–Kier alpha value is -2.48. The lowest BCUT2D eigenvalue weighted by molar-refractivity contribution is -0.384. The number of carbonyl (C=O) groups is 1. The minimum absolute atomic E-state index is 0.0110. The maximum absolute atomic E-state index is 11.1. The van der Waals surface area contributed by atoms with Crippen molar-refractivity contribution in [2.75, 3.05) is 19.0 Å². The van der Waals surface area contributed by atoms with E-state index < -0.39 is 4.92 Å². The largest absolute Gasteiger partial charge is 0.469 e. The molecule has 2 rings (SSSR count). The topological polar surface area (TPSA) is 107 Å². The summed E-state index contributed by atoms with van der Waals surface area (Å²) in [6, 6.07) is 4.18. The van der Waals surface area contributed by atoms with Crippen LogP contribution >= 0.6 is 11.6 Å². The summed E-state index contributed by atoms with van der Waals surface area (Å²) in [4.78, 5) is 29.4. The van der Waals surface area contributed by atoms with Crippen LogP contribution in [-0.2, 0) is 9.53 Å². The van der Waals surface area contributed by atoms with Gasteiger partial charge in [-0.2, -0.15) is 0 Å². The van der Waals surface area contributed by atoms with Gasteiger partial charge in [0.2, 0.25) is 5.28 Å². The van der Waals surface area contributed by atoms with E-state index >= 15 is 0 Å². The number of nitro groups is 1. The van der Waals surface area contributed by atoms with Crippen molar-refractivity contribution in [1.82, 2.24) is 9.97 Å². The lowest BCUT2D eigenvalue weighted by Crippen LogP contribution is -2.11. The van der Waals surface area contributed by atoms with Crippen LogP contribution in [0.3, 0.4) is 0 Å². The molecule has 1 heterocycles. The van der Waals surface area contributed by atoms with Crippen LogP contribution < -0.4 is 5.32 Å². The molecule has 0 saturated carbocycles. The number of nitro benzene ring substituents is 1. The van der Waals surface area contributed by atoms with Crippen molar-refractivity contribution >= 4 is 40.0 Å². The van der Waals surface area contributed by atoms with Gasteiger partial charge in [0.25, 0.3) is 5.69 Å². The number of carbonyl (C=O) groups excluding carboxylic acids is 1. The number of hydrogen-bond acceptors (Lipinski definition) is 7. The molecular formula is C12H11ClN4O4. The van der Waals surface area contributed by atoms with Crippen LogP contribution in [0.4, 0.5) is 11.5 Å². The predicted molar refractivity (Wildman–Crippen MR) is 76.3 cm³/mol. The molecule has 21 heavy (non-hydrogen) atoms. The first-order chi connectivity index (χ1) is 10.0. The molecule has 0 radical (unpaired) electrons. The number of methoxy groups -OCH3 is 1. The number of fused-ring (bicyclic) bond motifs is 1. The van der Waals surface area contributed by atoms with Gasteiger partial charge in [0.1, 0.15) is 5.82 Å². The van der Waals surface area contributed by atoms with Gasteiger partial charge < -0.3 is 10.1 Å². The van der Waals surface area contributed by atoms with E-state index in [-0.39, 0.29) is 29.9 Å². The lowest BCUT2D eigenvalue weighted by atomic mass is 10.2. The van der Waals surface area contributed by atoms with E-state index in [9.17, 15) is 14.9 Å². The number of ether oxygens (including phenoxy) is 1. The molecule has 0 aliphatic heterocycles. The van der Waals surface area contributed by atoms with Gasteiger partial charge in [-0.25, -0.2) is 9.97 Å². The van der Waals surface area contributed by atoms with E-state index in [1.165, 1.54) is 25.3 Å². The number of hydrogen-bond donors (Lipinski definition) is 1. The third kappa shape index (κ3) is 3.54. The summed E-state index contributed by atoms with van der Waals surface area (Å²) in [6.45, 7) is 0.262. The smallest absolute Gasteiger partial charge is 0.307 e. The van der Waals surface area contributed by atoms with E-state index in [0.29, 0.717) is 16.7 Å². The van der Waals surface area contributed by atoms with Gasteiger partial charge in [-0.1, -0.05) is 0 Å². The van der Waals surface area contributed by atoms with Gasteiger partial charge in [0, 0.05) is 24.1 Å². The Kier molecular flexibility index (Phi) is 4.49. The molecule has 2 aromatic rings. The van der Waals surface area contributed by atoms with Crippen LogP contribution in [0.2, 0.25) is 5.28 Å². The molecule has 8 nitrogen and oxygen atoms in total. The van der Waals surface area contributed by atoms with Crippen LogP contribution in [0.5, 0.6) is 0 Å². The van der Waals surface area contributed by atoms with Crippen molar-refractivity contribution in [2.45, 2.75) is 6.42 Å². The van der Waals surface area contributed by atoms with Crippen molar-refractivity contribution in [3.05, 3.63) is 33.6 Å². The standard InChI is InChI=1S/C12H11ClN4O4/c1-21-10(18)4-5-14-11-8-6-7(17(19)20)2-3-9(8)15-12(13)16-11/h2-3,6H,4-5H2,1H3,(H,14,15,16). The fourth-order valence-corrected chi connectivity index (χ4v) is 1.90. The number of non-ortho nitro benzene ring substituents is 1. The average molecular weight is 311 g/mol. The van der Waals surface area contributed by atoms with Crippen molar-refractivity contribution < 1.29 is 14.5 Å². The zero-order chi connectivity index (χ0) is 15.4. The second kappa shape index (κ2) is 6.31. The molecule has 0 amide bonds. The number of rotatable bonds is 5. The van der Waals surface area contributed by atoms with Gasteiger partial charge in [-0.15, -0.1) is 0 Å². The van der Waals surface area contributed by atoms with Gasteiger partial charge in [0.05, 0.1) is 24.0 Å². The molecular weight excluding hydrogens is 300 g/mol. The summed E-state index contributed by atoms with van der Waals surface area (Å²) in [5, 5.41) is 14.2. The number of benzene rings is 1. The van der Waals surface area contributed by atoms with Crippen LogP contribution in [0, 0.1) is 10.1 Å². The molecule has 1 N–H and O–H groups in total. The summed E-state index contributed by atoms with van der Waals surface area (Å²) in [5.74, 6) is -0.0458. The van der Waals surface area contributed by atoms with Crippen LogP contribution in [0.15, 0.2) is 18.2 Å². The molecule has 0 spiro atoms. The van der Waals surface area contributed by atoms with Gasteiger partial charge in [-0.05, 0) is 17.7 Å². The Labute approximate surface area is 124 Å². The average Bonchev–Trinajstić information content (AvgIpc) is 2.46. The summed E-state index contributed by atoms with van der Waals surface area (Å²) in [6.07, 6.45) is 0.133. The Balaban J connectivity index is 2.33. The second-order valence-electron chi connectivity index (χ2n) is 4.05. The second-order valence-corrected chi connectivity index (χ2v) is 4.39. The number of halogens is 1. The summed E-state index contributed by atoms with van der Waals surface area (Å²) in [7, 11) is 1.29. The van der Waals surface area contributed by atoms with Crippen LogP contribution in [0.1, 0.15) is 6.42 Å². The molecule has 0 bridgehead atoms. The highest BCUT2D eigenvalue weighted by Gasteiger charge is 2.12. The zero-order valence-electron chi connectivity index (χ0n) is 11.0. The highest BCUT2D eigenvalue weighted by molar-refractivity contribution is 6.28. The number of anilines is 1. The van der Waals surface area contributed by atoms with E-state index in [2.05, 4.69) is 20.0 Å². The number of esters is 1. The van der Waals surface area contributed by atoms with Crippen molar-refractivity contribution in [1.29, 1.82) is 0 Å². The van der Waals surface area contributed by atoms with Crippen molar-refractivity contribution in [2.24, 2.45) is 0 Å². The monoisotopic (exact) mass is 310 g/mol. The van der Waals surface area contributed by atoms with E-state index in [4.69, 9.17) is 11.6 Å². The SMILES string of the molecule is COC(=O)CCNc1nc(Cl)nc2ccc([N+](=O)[O-])cc12. The third-order valence-corrected chi connectivity index (χ3v) is 2.88. The quantitative estimate of drug-likeness (QED) is 0.390. The lowest BCUT2D eigenvalue weighted by Gasteiger charge is -2.08. The fourth-order valence-electron chi connectivity index (χ4n) is 1.72. The number of nitrogens with zero attached hydrogens (tertiary/aromatic N) is 3. The molecule has 0 unspecified atom stereocenters. The zero-order valence-corrected chi connectivity index (χ0v) is 11.8. The predicted octanol–water partition coefficient (Wildman–Crippen LogP) is 2.17. The molecule has 1 aromatic heterocycles. The minimum Gasteiger partial charge on any atom is -0.469 e. The molecule has 110 valence electrons. The fraction of sp³-hybridized carbons (Fsp3) is 0.250. The third-order valence-electron chi connectivity index (χ3n) is 2.71. The van der Waals surface area contributed by atoms with E-state index in [0.717, 1.165) is 0 Å². The van der Waals surface area contributed by atoms with E-state index in [1.807, 2.05) is 0 Å². The summed E-state index contributed by atoms with van der Waals surface area (Å²) >= 11 is 5.81. The van der Waals surface area contributed by atoms with Crippen molar-refractivity contribution in [3.63, 3.8) is 0 Å². The Bertz CT molecular complexity index is 707. The first kappa shape index (κ1) is 14.9. The molecule has 0 fully saturated rings. The van der Waals surface area contributed by atoms with Crippen LogP contribution in [0.25, 0.3) is 10.9 Å². The maximum atomic E-state index is 11.1.